The van der Waals surface area contributed by atoms with Crippen LogP contribution >= 0.6 is 0 Å². The number of piperidine rings is 1. The van der Waals surface area contributed by atoms with Crippen LogP contribution in [-0.4, -0.2) is 34.3 Å². The van der Waals surface area contributed by atoms with Crippen LogP contribution in [0.4, 0.5) is 5.82 Å². The molecule has 5 rings (SSSR count). The van der Waals surface area contributed by atoms with Gasteiger partial charge in [0.25, 0.3) is 0 Å². The minimum Gasteiger partial charge on any atom is -0.457 e. The topological polar surface area (TPSA) is 84.1 Å². The Labute approximate surface area is 174 Å². The molecule has 3 heterocycles. The Morgan fingerprint density at radius 2 is 1.53 bits per heavy atom. The van der Waals surface area contributed by atoms with Gasteiger partial charge in [-0.1, -0.05) is 18.2 Å². The zero-order valence-electron chi connectivity index (χ0n) is 16.5. The molecule has 7 heteroatoms. The van der Waals surface area contributed by atoms with E-state index in [2.05, 4.69) is 25.8 Å². The smallest absolute Gasteiger partial charge is 0.161 e. The SMILES string of the molecule is c1ccc(Oc2ccc(Oc3ccnc4[nH]nc(NC5CCNCC5)c34)cc2)cc1. The molecule has 3 N–H and O–H groups in total. The van der Waals surface area contributed by atoms with E-state index < -0.39 is 0 Å². The number of H-pyrrole nitrogens is 1. The third-order valence-electron chi connectivity index (χ3n) is 5.13. The summed E-state index contributed by atoms with van der Waals surface area (Å²) in [5.41, 5.74) is 0.702. The van der Waals surface area contributed by atoms with Crippen LogP contribution in [0.15, 0.2) is 66.9 Å². The summed E-state index contributed by atoms with van der Waals surface area (Å²) in [5.74, 6) is 3.77. The summed E-state index contributed by atoms with van der Waals surface area (Å²) in [7, 11) is 0. The van der Waals surface area contributed by atoms with Gasteiger partial charge in [-0.15, -0.1) is 0 Å². The Hall–Kier alpha value is -3.58. The lowest BCUT2D eigenvalue weighted by Gasteiger charge is -2.23. The number of pyridine rings is 1. The first-order valence-electron chi connectivity index (χ1n) is 10.2. The third kappa shape index (κ3) is 4.06. The number of ether oxygens (including phenoxy) is 2. The molecule has 152 valence electrons. The van der Waals surface area contributed by atoms with Crippen LogP contribution in [-0.2, 0) is 0 Å². The molecule has 0 saturated carbocycles. The number of anilines is 1. The van der Waals surface area contributed by atoms with E-state index in [0.29, 0.717) is 17.4 Å². The lowest BCUT2D eigenvalue weighted by atomic mass is 10.1. The van der Waals surface area contributed by atoms with Gasteiger partial charge < -0.3 is 20.1 Å². The Morgan fingerprint density at radius 1 is 0.833 bits per heavy atom. The number of fused-ring (bicyclic) bond motifs is 1. The number of hydrogen-bond donors (Lipinski definition) is 3. The van der Waals surface area contributed by atoms with Gasteiger partial charge in [-0.3, -0.25) is 5.10 Å². The number of benzene rings is 2. The summed E-state index contributed by atoms with van der Waals surface area (Å²) in [6.45, 7) is 2.03. The van der Waals surface area contributed by atoms with Crippen LogP contribution in [0.2, 0.25) is 0 Å². The zero-order chi connectivity index (χ0) is 20.2. The molecule has 0 amide bonds. The fourth-order valence-electron chi connectivity index (χ4n) is 3.60. The van der Waals surface area contributed by atoms with Crippen LogP contribution in [0, 0.1) is 0 Å². The molecule has 30 heavy (non-hydrogen) atoms. The Balaban J connectivity index is 1.35. The fraction of sp³-hybridized carbons (Fsp3) is 0.217. The van der Waals surface area contributed by atoms with Gasteiger partial charge in [0, 0.05) is 18.3 Å². The van der Waals surface area contributed by atoms with Crippen molar-refractivity contribution in [1.82, 2.24) is 20.5 Å². The van der Waals surface area contributed by atoms with Crippen LogP contribution in [0.25, 0.3) is 11.0 Å². The van der Waals surface area contributed by atoms with Crippen molar-refractivity contribution in [3.63, 3.8) is 0 Å². The molecule has 1 aliphatic rings. The maximum atomic E-state index is 6.18. The first-order chi connectivity index (χ1) is 14.8. The molecule has 1 saturated heterocycles. The van der Waals surface area contributed by atoms with Crippen molar-refractivity contribution in [2.24, 2.45) is 0 Å². The molecular formula is C23H23N5O2. The van der Waals surface area contributed by atoms with E-state index in [-0.39, 0.29) is 0 Å². The molecular weight excluding hydrogens is 378 g/mol. The van der Waals surface area contributed by atoms with E-state index in [1.54, 1.807) is 6.20 Å². The van der Waals surface area contributed by atoms with E-state index >= 15 is 0 Å². The molecule has 0 radical (unpaired) electrons. The Bertz CT molecular complexity index is 1110. The third-order valence-corrected chi connectivity index (χ3v) is 5.13. The quantitative estimate of drug-likeness (QED) is 0.434. The predicted octanol–water partition coefficient (Wildman–Crippen LogP) is 4.71. The number of hydrogen-bond acceptors (Lipinski definition) is 6. The molecule has 0 atom stereocenters. The molecule has 0 unspecified atom stereocenters. The maximum Gasteiger partial charge on any atom is 0.161 e. The normalized spacial score (nSPS) is 14.5. The number of para-hydroxylation sites is 1. The second-order valence-corrected chi connectivity index (χ2v) is 7.26. The van der Waals surface area contributed by atoms with Crippen LogP contribution in [0.1, 0.15) is 12.8 Å². The van der Waals surface area contributed by atoms with Crippen molar-refractivity contribution in [1.29, 1.82) is 0 Å². The maximum absolute atomic E-state index is 6.18. The van der Waals surface area contributed by atoms with Crippen molar-refractivity contribution in [3.05, 3.63) is 66.9 Å². The number of rotatable bonds is 6. The van der Waals surface area contributed by atoms with E-state index in [4.69, 9.17) is 9.47 Å². The molecule has 1 fully saturated rings. The summed E-state index contributed by atoms with van der Waals surface area (Å²) in [4.78, 5) is 4.39. The van der Waals surface area contributed by atoms with Gasteiger partial charge in [-0.05, 0) is 62.3 Å². The second kappa shape index (κ2) is 8.42. The molecule has 4 aromatic rings. The van der Waals surface area contributed by atoms with Gasteiger partial charge in [0.1, 0.15) is 28.4 Å². The number of aromatic nitrogens is 3. The van der Waals surface area contributed by atoms with Crippen molar-refractivity contribution >= 4 is 16.9 Å². The van der Waals surface area contributed by atoms with E-state index in [0.717, 1.165) is 54.4 Å². The average molecular weight is 401 g/mol. The monoisotopic (exact) mass is 401 g/mol. The molecule has 7 nitrogen and oxygen atoms in total. The molecule has 2 aromatic carbocycles. The summed E-state index contributed by atoms with van der Waals surface area (Å²) in [5, 5.41) is 15.2. The van der Waals surface area contributed by atoms with Crippen LogP contribution in [0.3, 0.4) is 0 Å². The van der Waals surface area contributed by atoms with Crippen molar-refractivity contribution in [3.8, 4) is 23.0 Å². The first kappa shape index (κ1) is 18.4. The highest BCUT2D eigenvalue weighted by Gasteiger charge is 2.18. The highest BCUT2D eigenvalue weighted by Crippen LogP contribution is 2.34. The first-order valence-corrected chi connectivity index (χ1v) is 10.2. The highest BCUT2D eigenvalue weighted by molar-refractivity contribution is 5.93. The molecule has 2 aromatic heterocycles. The second-order valence-electron chi connectivity index (χ2n) is 7.26. The fourth-order valence-corrected chi connectivity index (χ4v) is 3.60. The van der Waals surface area contributed by atoms with Gasteiger partial charge >= 0.3 is 0 Å². The van der Waals surface area contributed by atoms with Crippen LogP contribution < -0.4 is 20.1 Å². The summed E-state index contributed by atoms with van der Waals surface area (Å²) in [6.07, 6.45) is 3.85. The molecule has 1 aliphatic heterocycles. The van der Waals surface area contributed by atoms with Gasteiger partial charge in [0.2, 0.25) is 0 Å². The van der Waals surface area contributed by atoms with Gasteiger partial charge in [-0.2, -0.15) is 5.10 Å². The lowest BCUT2D eigenvalue weighted by Crippen LogP contribution is -2.35. The molecule has 0 bridgehead atoms. The summed E-state index contributed by atoms with van der Waals surface area (Å²) in [6, 6.07) is 19.5. The van der Waals surface area contributed by atoms with Crippen molar-refractivity contribution in [2.45, 2.75) is 18.9 Å². The summed E-state index contributed by atoms with van der Waals surface area (Å²) >= 11 is 0. The van der Waals surface area contributed by atoms with E-state index in [1.165, 1.54) is 0 Å². The van der Waals surface area contributed by atoms with Gasteiger partial charge in [0.15, 0.2) is 11.5 Å². The molecule has 0 spiro atoms. The minimum atomic E-state index is 0.389. The van der Waals surface area contributed by atoms with E-state index in [1.807, 2.05) is 60.7 Å². The van der Waals surface area contributed by atoms with Gasteiger partial charge in [-0.25, -0.2) is 4.98 Å². The zero-order valence-corrected chi connectivity index (χ0v) is 16.5. The number of nitrogens with zero attached hydrogens (tertiary/aromatic N) is 2. The summed E-state index contributed by atoms with van der Waals surface area (Å²) < 4.78 is 12.0. The molecule has 0 aliphatic carbocycles. The van der Waals surface area contributed by atoms with Crippen LogP contribution in [0.5, 0.6) is 23.0 Å². The lowest BCUT2D eigenvalue weighted by molar-refractivity contribution is 0.471. The van der Waals surface area contributed by atoms with Crippen molar-refractivity contribution in [2.75, 3.05) is 18.4 Å². The highest BCUT2D eigenvalue weighted by atomic mass is 16.5. The van der Waals surface area contributed by atoms with Crippen molar-refractivity contribution < 1.29 is 9.47 Å². The Morgan fingerprint density at radius 3 is 2.30 bits per heavy atom. The standard InChI is InChI=1S/C23H23N5O2/c1-2-4-17(5-3-1)29-18-6-8-19(9-7-18)30-20-12-15-25-22-21(20)23(28-27-22)26-16-10-13-24-14-11-16/h1-9,12,15-16,24H,10-11,13-14H2,(H2,25,26,27,28). The minimum absolute atomic E-state index is 0.389. The predicted molar refractivity (Wildman–Crippen MR) is 116 cm³/mol. The number of nitrogens with one attached hydrogen (secondary N) is 3. The van der Waals surface area contributed by atoms with E-state index in [9.17, 15) is 0 Å². The van der Waals surface area contributed by atoms with Gasteiger partial charge in [0.05, 0.1) is 0 Å². The largest absolute Gasteiger partial charge is 0.457 e. The number of aromatic amines is 1. The Kier molecular flexibility index (Phi) is 5.18. The average Bonchev–Trinajstić information content (AvgIpc) is 3.20.